The minimum Gasteiger partial charge on any atom is -0.0654 e. The smallest absolute Gasteiger partial charge is 0 e. The summed E-state index contributed by atoms with van der Waals surface area (Å²) in [6.45, 7) is 4.42. The predicted octanol–water partition coefficient (Wildman–Crippen LogP) is 2.19. The van der Waals surface area contributed by atoms with Gasteiger partial charge in [-0.15, -0.1) is 0 Å². The molecule has 0 amide bonds. The molecular formula is C5H12Mn. The van der Waals surface area contributed by atoms with Crippen LogP contribution in [0.1, 0.15) is 33.1 Å². The predicted molar refractivity (Wildman–Crippen MR) is 25.2 cm³/mol. The molecule has 0 aromatic heterocycles. The van der Waals surface area contributed by atoms with Crippen molar-refractivity contribution in [3.63, 3.8) is 0 Å². The fourth-order valence-electron chi connectivity index (χ4n) is 0.354. The average molecular weight is 127 g/mol. The van der Waals surface area contributed by atoms with E-state index < -0.39 is 0 Å². The van der Waals surface area contributed by atoms with E-state index >= 15 is 0 Å². The third-order valence-electron chi connectivity index (χ3n) is 0.707. The van der Waals surface area contributed by atoms with E-state index in [1.807, 2.05) is 0 Å². The van der Waals surface area contributed by atoms with Crippen LogP contribution in [0.2, 0.25) is 0 Å². The first-order chi connectivity index (χ1) is 2.41. The van der Waals surface area contributed by atoms with Gasteiger partial charge in [-0.05, 0) is 0 Å². The van der Waals surface area contributed by atoms with Gasteiger partial charge in [-0.1, -0.05) is 33.1 Å². The molecule has 1 radical (unpaired) electrons. The summed E-state index contributed by atoms with van der Waals surface area (Å²) >= 11 is 0. The van der Waals surface area contributed by atoms with Gasteiger partial charge in [0.15, 0.2) is 0 Å². The molecule has 0 aromatic rings. The number of rotatable bonds is 2. The quantitative estimate of drug-likeness (QED) is 0.499. The van der Waals surface area contributed by atoms with Gasteiger partial charge in [0, 0.05) is 17.1 Å². The molecule has 0 atom stereocenters. The van der Waals surface area contributed by atoms with E-state index in [1.165, 1.54) is 19.3 Å². The van der Waals surface area contributed by atoms with Crippen molar-refractivity contribution in [2.45, 2.75) is 33.1 Å². The first-order valence-corrected chi connectivity index (χ1v) is 2.41. The van der Waals surface area contributed by atoms with Crippen LogP contribution in [-0.4, -0.2) is 0 Å². The molecule has 39 valence electrons. The molecule has 0 bridgehead atoms. The number of unbranched alkanes of at least 4 members (excludes halogenated alkanes) is 2. The first-order valence-electron chi connectivity index (χ1n) is 2.41. The molecule has 0 saturated heterocycles. The zero-order valence-corrected chi connectivity index (χ0v) is 5.68. The largest absolute Gasteiger partial charge is 0.0654 e. The van der Waals surface area contributed by atoms with E-state index in [0.29, 0.717) is 0 Å². The van der Waals surface area contributed by atoms with Crippen LogP contribution < -0.4 is 0 Å². The van der Waals surface area contributed by atoms with Crippen molar-refractivity contribution < 1.29 is 17.1 Å². The molecule has 0 aliphatic carbocycles. The van der Waals surface area contributed by atoms with Crippen LogP contribution in [0, 0.1) is 0 Å². The molecule has 0 rings (SSSR count). The SMILES string of the molecule is CCCCC.[Mn]. The summed E-state index contributed by atoms with van der Waals surface area (Å²) in [4.78, 5) is 0. The van der Waals surface area contributed by atoms with E-state index in [4.69, 9.17) is 0 Å². The molecule has 0 nitrogen and oxygen atoms in total. The summed E-state index contributed by atoms with van der Waals surface area (Å²) < 4.78 is 0. The Hall–Kier alpha value is 0.519. The minimum atomic E-state index is 0. The van der Waals surface area contributed by atoms with Gasteiger partial charge in [-0.25, -0.2) is 0 Å². The van der Waals surface area contributed by atoms with Crippen LogP contribution >= 0.6 is 0 Å². The van der Waals surface area contributed by atoms with Crippen LogP contribution in [0.15, 0.2) is 0 Å². The van der Waals surface area contributed by atoms with Gasteiger partial charge in [0.25, 0.3) is 0 Å². The first kappa shape index (κ1) is 9.72. The molecule has 6 heavy (non-hydrogen) atoms. The van der Waals surface area contributed by atoms with Gasteiger partial charge in [-0.3, -0.25) is 0 Å². The van der Waals surface area contributed by atoms with Crippen LogP contribution in [-0.2, 0) is 17.1 Å². The van der Waals surface area contributed by atoms with Gasteiger partial charge in [0.2, 0.25) is 0 Å². The molecular weight excluding hydrogens is 115 g/mol. The molecule has 0 fully saturated rings. The molecule has 0 aromatic carbocycles. The van der Waals surface area contributed by atoms with E-state index in [0.717, 1.165) is 0 Å². The molecule has 0 N–H and O–H groups in total. The van der Waals surface area contributed by atoms with Gasteiger partial charge < -0.3 is 0 Å². The third kappa shape index (κ3) is 8.82. The Bertz CT molecular complexity index is 11.4. The van der Waals surface area contributed by atoms with Crippen LogP contribution in [0.3, 0.4) is 0 Å². The normalized spacial score (nSPS) is 7.00. The Balaban J connectivity index is 0. The summed E-state index contributed by atoms with van der Waals surface area (Å²) in [6.07, 6.45) is 4.08. The van der Waals surface area contributed by atoms with Gasteiger partial charge in [-0.2, -0.15) is 0 Å². The monoisotopic (exact) mass is 127 g/mol. The standard InChI is InChI=1S/C5H12.Mn/c1-3-5-4-2;/h3-5H2,1-2H3;. The molecule has 0 heterocycles. The van der Waals surface area contributed by atoms with Gasteiger partial charge in [0.1, 0.15) is 0 Å². The summed E-state index contributed by atoms with van der Waals surface area (Å²) in [5, 5.41) is 0. The van der Waals surface area contributed by atoms with Gasteiger partial charge >= 0.3 is 0 Å². The summed E-state index contributed by atoms with van der Waals surface area (Å²) in [5.41, 5.74) is 0. The Labute approximate surface area is 50.8 Å². The fourth-order valence-corrected chi connectivity index (χ4v) is 0.354. The van der Waals surface area contributed by atoms with Crippen molar-refractivity contribution in [3.05, 3.63) is 0 Å². The molecule has 0 saturated carbocycles. The minimum absolute atomic E-state index is 0. The number of hydrogen-bond acceptors (Lipinski definition) is 0. The third-order valence-corrected chi connectivity index (χ3v) is 0.707. The summed E-state index contributed by atoms with van der Waals surface area (Å²) in [7, 11) is 0. The van der Waals surface area contributed by atoms with E-state index in [2.05, 4.69) is 13.8 Å². The Morgan fingerprint density at radius 3 is 1.33 bits per heavy atom. The molecule has 0 spiro atoms. The Morgan fingerprint density at radius 2 is 1.33 bits per heavy atom. The van der Waals surface area contributed by atoms with Crippen molar-refractivity contribution in [2.75, 3.05) is 0 Å². The van der Waals surface area contributed by atoms with Crippen LogP contribution in [0.4, 0.5) is 0 Å². The van der Waals surface area contributed by atoms with E-state index in [9.17, 15) is 0 Å². The molecule has 0 aliphatic heterocycles. The fraction of sp³-hybridized carbons (Fsp3) is 1.00. The zero-order valence-electron chi connectivity index (χ0n) is 4.50. The van der Waals surface area contributed by atoms with Crippen molar-refractivity contribution in [3.8, 4) is 0 Å². The second-order valence-electron chi connectivity index (χ2n) is 1.35. The topological polar surface area (TPSA) is 0 Å². The average Bonchev–Trinajstić information content (AvgIpc) is 1.41. The van der Waals surface area contributed by atoms with Gasteiger partial charge in [0.05, 0.1) is 0 Å². The molecule has 0 unspecified atom stereocenters. The van der Waals surface area contributed by atoms with Crippen LogP contribution in [0.5, 0.6) is 0 Å². The van der Waals surface area contributed by atoms with Crippen molar-refractivity contribution in [2.24, 2.45) is 0 Å². The maximum atomic E-state index is 2.21. The maximum Gasteiger partial charge on any atom is 0 e. The molecule has 0 aliphatic rings. The van der Waals surface area contributed by atoms with E-state index in [1.54, 1.807) is 0 Å². The Morgan fingerprint density at radius 1 is 1.00 bits per heavy atom. The van der Waals surface area contributed by atoms with Crippen molar-refractivity contribution in [1.82, 2.24) is 0 Å². The van der Waals surface area contributed by atoms with Crippen LogP contribution in [0.25, 0.3) is 0 Å². The Kier molecular flexibility index (Phi) is 14.8. The maximum absolute atomic E-state index is 2.21. The van der Waals surface area contributed by atoms with E-state index in [-0.39, 0.29) is 17.1 Å². The summed E-state index contributed by atoms with van der Waals surface area (Å²) in [6, 6.07) is 0. The van der Waals surface area contributed by atoms with Crippen molar-refractivity contribution >= 4 is 0 Å². The molecule has 1 heteroatoms. The summed E-state index contributed by atoms with van der Waals surface area (Å²) in [5.74, 6) is 0. The number of hydrogen-bond donors (Lipinski definition) is 0. The van der Waals surface area contributed by atoms with Crippen molar-refractivity contribution in [1.29, 1.82) is 0 Å². The second-order valence-corrected chi connectivity index (χ2v) is 1.35. The second kappa shape index (κ2) is 9.10. The zero-order chi connectivity index (χ0) is 4.12.